The minimum Gasteiger partial charge on any atom is -0.468 e. The van der Waals surface area contributed by atoms with E-state index in [1.54, 1.807) is 37.9 Å². The van der Waals surface area contributed by atoms with E-state index in [4.69, 9.17) is 4.42 Å². The Morgan fingerprint density at radius 1 is 1.31 bits per heavy atom. The molecule has 9 heteroatoms. The van der Waals surface area contributed by atoms with Crippen molar-refractivity contribution >= 4 is 43.6 Å². The number of benzene rings is 1. The first kappa shape index (κ1) is 21.0. The monoisotopic (exact) mass is 460 g/mol. The number of rotatable bonds is 9. The number of hydrogen-bond acceptors (Lipinski definition) is 5. The fourth-order valence-corrected chi connectivity index (χ4v) is 4.58. The fraction of sp³-hybridized carbons (Fsp3) is 0.353. The molecule has 26 heavy (non-hydrogen) atoms. The number of halogens is 1. The molecule has 1 aromatic heterocycles. The van der Waals surface area contributed by atoms with E-state index in [0.29, 0.717) is 11.0 Å². The van der Waals surface area contributed by atoms with Crippen LogP contribution in [0.5, 0.6) is 0 Å². The predicted molar refractivity (Wildman–Crippen MR) is 107 cm³/mol. The van der Waals surface area contributed by atoms with Crippen molar-refractivity contribution in [1.82, 2.24) is 10.0 Å². The zero-order valence-corrected chi connectivity index (χ0v) is 17.7. The van der Waals surface area contributed by atoms with Crippen LogP contribution in [0.2, 0.25) is 0 Å². The van der Waals surface area contributed by atoms with Crippen LogP contribution in [0.15, 0.2) is 50.4 Å². The Balaban J connectivity index is 1.94. The van der Waals surface area contributed by atoms with Gasteiger partial charge in [0.05, 0.1) is 22.5 Å². The molecule has 2 N–H and O–H groups in total. The van der Waals surface area contributed by atoms with Crippen molar-refractivity contribution in [2.24, 2.45) is 0 Å². The van der Waals surface area contributed by atoms with Gasteiger partial charge in [0, 0.05) is 22.8 Å². The maximum absolute atomic E-state index is 12.4. The summed E-state index contributed by atoms with van der Waals surface area (Å²) < 4.78 is 32.8. The first-order chi connectivity index (χ1) is 12.3. The second-order valence-electron chi connectivity index (χ2n) is 5.81. The van der Waals surface area contributed by atoms with Gasteiger partial charge in [-0.2, -0.15) is 11.8 Å². The van der Waals surface area contributed by atoms with Crippen molar-refractivity contribution in [3.63, 3.8) is 0 Å². The Hall–Kier alpha value is -1.29. The smallest absolute Gasteiger partial charge is 0.252 e. The minimum atomic E-state index is -3.65. The molecule has 0 bridgehead atoms. The van der Waals surface area contributed by atoms with Gasteiger partial charge >= 0.3 is 0 Å². The summed E-state index contributed by atoms with van der Waals surface area (Å²) in [4.78, 5) is 12.4. The molecule has 142 valence electrons. The van der Waals surface area contributed by atoms with Gasteiger partial charge in [0.25, 0.3) is 5.91 Å². The molecule has 1 amide bonds. The first-order valence-electron chi connectivity index (χ1n) is 8.00. The Morgan fingerprint density at radius 3 is 2.73 bits per heavy atom. The van der Waals surface area contributed by atoms with Crippen LogP contribution in [-0.2, 0) is 15.8 Å². The van der Waals surface area contributed by atoms with Gasteiger partial charge in [0.15, 0.2) is 0 Å². The number of carbonyl (C=O) groups is 1. The third kappa shape index (κ3) is 6.15. The van der Waals surface area contributed by atoms with E-state index < -0.39 is 10.0 Å². The van der Waals surface area contributed by atoms with Crippen LogP contribution < -0.4 is 10.0 Å². The Bertz CT molecular complexity index is 836. The number of sulfonamides is 1. The molecule has 0 atom stereocenters. The lowest BCUT2D eigenvalue weighted by Gasteiger charge is -2.12. The van der Waals surface area contributed by atoms with Crippen molar-refractivity contribution in [2.75, 3.05) is 12.3 Å². The summed E-state index contributed by atoms with van der Waals surface area (Å²) in [5, 5.41) is 2.80. The van der Waals surface area contributed by atoms with E-state index in [1.807, 2.05) is 12.1 Å². The predicted octanol–water partition coefficient (Wildman–Crippen LogP) is 3.39. The van der Waals surface area contributed by atoms with Gasteiger partial charge in [0.1, 0.15) is 5.76 Å². The highest BCUT2D eigenvalue weighted by molar-refractivity contribution is 9.10. The maximum Gasteiger partial charge on any atom is 0.252 e. The van der Waals surface area contributed by atoms with Crippen LogP contribution in [0.3, 0.4) is 0 Å². The lowest BCUT2D eigenvalue weighted by atomic mass is 10.2. The van der Waals surface area contributed by atoms with E-state index in [-0.39, 0.29) is 22.4 Å². The van der Waals surface area contributed by atoms with E-state index in [0.717, 1.165) is 17.3 Å². The van der Waals surface area contributed by atoms with E-state index in [1.165, 1.54) is 12.1 Å². The number of furan rings is 1. The molecular weight excluding hydrogens is 440 g/mol. The zero-order chi connectivity index (χ0) is 19.2. The number of amides is 1. The highest BCUT2D eigenvalue weighted by atomic mass is 79.9. The van der Waals surface area contributed by atoms with Crippen LogP contribution in [0.4, 0.5) is 0 Å². The molecule has 0 fully saturated rings. The molecule has 0 aliphatic carbocycles. The Morgan fingerprint density at radius 2 is 2.08 bits per heavy atom. The topological polar surface area (TPSA) is 88.4 Å². The van der Waals surface area contributed by atoms with Crippen molar-refractivity contribution < 1.29 is 17.6 Å². The average Bonchev–Trinajstić information content (AvgIpc) is 3.06. The number of hydrogen-bond donors (Lipinski definition) is 2. The molecule has 0 unspecified atom stereocenters. The number of thioether (sulfide) groups is 1. The van der Waals surface area contributed by atoms with Crippen molar-refractivity contribution in [3.8, 4) is 0 Å². The summed E-state index contributed by atoms with van der Waals surface area (Å²) in [7, 11) is -3.65. The zero-order valence-electron chi connectivity index (χ0n) is 14.5. The molecule has 6 nitrogen and oxygen atoms in total. The van der Waals surface area contributed by atoms with Crippen LogP contribution in [0.1, 0.15) is 30.0 Å². The molecule has 2 rings (SSSR count). The van der Waals surface area contributed by atoms with E-state index in [2.05, 4.69) is 26.0 Å². The maximum atomic E-state index is 12.4. The van der Waals surface area contributed by atoms with Gasteiger partial charge in [-0.05, 0) is 60.1 Å². The van der Waals surface area contributed by atoms with Crippen LogP contribution >= 0.6 is 27.7 Å². The van der Waals surface area contributed by atoms with Crippen LogP contribution in [0, 0.1) is 0 Å². The highest BCUT2D eigenvalue weighted by Crippen LogP contribution is 2.21. The van der Waals surface area contributed by atoms with Gasteiger partial charge in [-0.25, -0.2) is 13.1 Å². The van der Waals surface area contributed by atoms with Crippen LogP contribution in [-0.4, -0.2) is 32.7 Å². The normalized spacial score (nSPS) is 11.7. The quantitative estimate of drug-likeness (QED) is 0.559. The molecule has 1 aromatic carbocycles. The third-order valence-electron chi connectivity index (χ3n) is 3.24. The molecule has 0 spiro atoms. The fourth-order valence-electron chi connectivity index (χ4n) is 2.12. The minimum absolute atomic E-state index is 0.0618. The number of carbonyl (C=O) groups excluding carboxylic acids is 1. The number of nitrogens with one attached hydrogen (secondary N) is 2. The summed E-state index contributed by atoms with van der Waals surface area (Å²) in [6.07, 6.45) is 1.63. The largest absolute Gasteiger partial charge is 0.468 e. The molecule has 1 heterocycles. The molecule has 0 aliphatic rings. The molecule has 0 saturated carbocycles. The van der Waals surface area contributed by atoms with Crippen molar-refractivity contribution in [3.05, 3.63) is 52.4 Å². The second kappa shape index (κ2) is 9.59. The lowest BCUT2D eigenvalue weighted by Crippen LogP contribution is -2.31. The Labute approximate surface area is 166 Å². The summed E-state index contributed by atoms with van der Waals surface area (Å²) >= 11 is 4.94. The molecule has 0 saturated heterocycles. The van der Waals surface area contributed by atoms with Crippen LogP contribution in [0.25, 0.3) is 0 Å². The summed E-state index contributed by atoms with van der Waals surface area (Å²) in [6.45, 7) is 3.95. The molecule has 2 aromatic rings. The van der Waals surface area contributed by atoms with Gasteiger partial charge in [0.2, 0.25) is 10.0 Å². The third-order valence-corrected chi connectivity index (χ3v) is 6.57. The SMILES string of the molecule is CC(C)NS(=O)(=O)c1ccc(Br)c(C(=O)NCCSCc2ccco2)c1. The molecular formula is C17H21BrN2O4S2. The van der Waals surface area contributed by atoms with Crippen molar-refractivity contribution in [1.29, 1.82) is 0 Å². The standard InChI is InChI=1S/C17H21BrN2O4S2/c1-12(2)20-26(22,23)14-5-6-16(18)15(10-14)17(21)19-7-9-25-11-13-4-3-8-24-13/h3-6,8,10,12,20H,7,9,11H2,1-2H3,(H,19,21). The summed E-state index contributed by atoms with van der Waals surface area (Å²) in [5.74, 6) is 2.02. The van der Waals surface area contributed by atoms with Gasteiger partial charge in [-0.15, -0.1) is 0 Å². The highest BCUT2D eigenvalue weighted by Gasteiger charge is 2.19. The molecule has 0 aliphatic heterocycles. The Kier molecular flexibility index (Phi) is 7.75. The van der Waals surface area contributed by atoms with Crippen molar-refractivity contribution in [2.45, 2.75) is 30.5 Å². The first-order valence-corrected chi connectivity index (χ1v) is 11.4. The average molecular weight is 461 g/mol. The van der Waals surface area contributed by atoms with Gasteiger partial charge < -0.3 is 9.73 Å². The lowest BCUT2D eigenvalue weighted by molar-refractivity contribution is 0.0955. The molecule has 0 radical (unpaired) electrons. The van der Waals surface area contributed by atoms with Gasteiger partial charge in [-0.1, -0.05) is 0 Å². The van der Waals surface area contributed by atoms with E-state index in [9.17, 15) is 13.2 Å². The second-order valence-corrected chi connectivity index (χ2v) is 9.48. The van der Waals surface area contributed by atoms with E-state index >= 15 is 0 Å². The summed E-state index contributed by atoms with van der Waals surface area (Å²) in [6, 6.07) is 7.91. The summed E-state index contributed by atoms with van der Waals surface area (Å²) in [5.41, 5.74) is 0.285. The van der Waals surface area contributed by atoms with Gasteiger partial charge in [-0.3, -0.25) is 4.79 Å².